The number of amides is 1. The van der Waals surface area contributed by atoms with Crippen LogP contribution in [0.5, 0.6) is 0 Å². The quantitative estimate of drug-likeness (QED) is 0.487. The molecule has 27 heavy (non-hydrogen) atoms. The average molecular weight is 391 g/mol. The second-order valence-corrected chi connectivity index (χ2v) is 7.97. The fraction of sp³-hybridized carbons (Fsp3) is 0.263. The zero-order valence-corrected chi connectivity index (χ0v) is 15.5. The van der Waals surface area contributed by atoms with Crippen molar-refractivity contribution in [2.24, 2.45) is 0 Å². The van der Waals surface area contributed by atoms with Gasteiger partial charge in [0.05, 0.1) is 12.6 Å². The molecule has 0 aliphatic heterocycles. The molecular weight excluding hydrogens is 369 g/mol. The maximum atomic E-state index is 11.8. The van der Waals surface area contributed by atoms with Crippen LogP contribution in [-0.2, 0) is 20.6 Å². The van der Waals surface area contributed by atoms with E-state index >= 15 is 0 Å². The first-order valence-electron chi connectivity index (χ1n) is 8.43. The molecule has 0 aliphatic carbocycles. The Bertz CT molecular complexity index is 816. The van der Waals surface area contributed by atoms with E-state index < -0.39 is 31.7 Å². The predicted octanol–water partition coefficient (Wildman–Crippen LogP) is 2.42. The molecule has 0 aromatic heterocycles. The lowest BCUT2D eigenvalue weighted by Crippen LogP contribution is -2.39. The van der Waals surface area contributed by atoms with E-state index in [-0.39, 0.29) is 19.3 Å². The molecule has 2 aromatic carbocycles. The number of nitrogens with one attached hydrogen (secondary N) is 1. The number of carbonyl (C=O) groups excluding carboxylic acids is 1. The molecule has 0 aliphatic rings. The summed E-state index contributed by atoms with van der Waals surface area (Å²) < 4.78 is 11.4. The second kappa shape index (κ2) is 9.46. The van der Waals surface area contributed by atoms with Crippen LogP contribution in [0.4, 0.5) is 0 Å². The molecule has 2 aromatic rings. The maximum Gasteiger partial charge on any atom is 0.327 e. The highest BCUT2D eigenvalue weighted by Gasteiger charge is 2.23. The standard InChI is InChI=1S/C19H22NO6P/c21-18(10-11-19(22)23)20-17(13-27(24,25)26)12-14-6-8-16(9-7-14)15-4-2-1-3-5-15/h1-9,17H,10-13H2,(H,20,21)(H,22,23)(H2,24,25,26). The Kier molecular flexibility index (Phi) is 7.30. The summed E-state index contributed by atoms with van der Waals surface area (Å²) in [6.07, 6.45) is -0.842. The molecule has 8 heteroatoms. The molecule has 1 amide bonds. The molecule has 0 bridgehead atoms. The Morgan fingerprint density at radius 1 is 0.926 bits per heavy atom. The van der Waals surface area contributed by atoms with E-state index in [9.17, 15) is 23.9 Å². The predicted molar refractivity (Wildman–Crippen MR) is 101 cm³/mol. The minimum Gasteiger partial charge on any atom is -0.481 e. The molecule has 144 valence electrons. The molecule has 2 rings (SSSR count). The largest absolute Gasteiger partial charge is 0.481 e. The number of carbonyl (C=O) groups is 2. The zero-order valence-electron chi connectivity index (χ0n) is 14.6. The number of benzene rings is 2. The Morgan fingerprint density at radius 3 is 2.07 bits per heavy atom. The topological polar surface area (TPSA) is 124 Å². The summed E-state index contributed by atoms with van der Waals surface area (Å²) in [6, 6.07) is 16.5. The van der Waals surface area contributed by atoms with Gasteiger partial charge in [0.25, 0.3) is 0 Å². The Hall–Kier alpha value is -2.47. The minimum atomic E-state index is -4.34. The summed E-state index contributed by atoms with van der Waals surface area (Å²) >= 11 is 0. The number of carboxylic acid groups (broad SMARTS) is 1. The van der Waals surface area contributed by atoms with Crippen LogP contribution in [0.25, 0.3) is 11.1 Å². The number of rotatable bonds is 9. The van der Waals surface area contributed by atoms with Crippen molar-refractivity contribution < 1.29 is 29.0 Å². The van der Waals surface area contributed by atoms with Gasteiger partial charge < -0.3 is 20.2 Å². The first kappa shape index (κ1) is 20.8. The summed E-state index contributed by atoms with van der Waals surface area (Å²) in [5, 5.41) is 11.2. The van der Waals surface area contributed by atoms with Crippen LogP contribution in [0.2, 0.25) is 0 Å². The molecule has 1 unspecified atom stereocenters. The maximum absolute atomic E-state index is 11.8. The highest BCUT2D eigenvalue weighted by atomic mass is 31.2. The average Bonchev–Trinajstić information content (AvgIpc) is 2.60. The third-order valence-electron chi connectivity index (χ3n) is 3.93. The van der Waals surface area contributed by atoms with E-state index in [2.05, 4.69) is 5.32 Å². The van der Waals surface area contributed by atoms with Gasteiger partial charge in [0.1, 0.15) is 0 Å². The van der Waals surface area contributed by atoms with Gasteiger partial charge in [-0.25, -0.2) is 0 Å². The smallest absolute Gasteiger partial charge is 0.327 e. The van der Waals surface area contributed by atoms with Crippen LogP contribution >= 0.6 is 7.60 Å². The van der Waals surface area contributed by atoms with Gasteiger partial charge in [-0.1, -0.05) is 54.6 Å². The van der Waals surface area contributed by atoms with Crippen LogP contribution < -0.4 is 5.32 Å². The van der Waals surface area contributed by atoms with E-state index in [1.807, 2.05) is 54.6 Å². The summed E-state index contributed by atoms with van der Waals surface area (Å²) in [4.78, 5) is 40.9. The van der Waals surface area contributed by atoms with Gasteiger partial charge >= 0.3 is 13.6 Å². The summed E-state index contributed by atoms with van der Waals surface area (Å²) in [5.41, 5.74) is 2.88. The van der Waals surface area contributed by atoms with Crippen molar-refractivity contribution in [2.75, 3.05) is 6.16 Å². The van der Waals surface area contributed by atoms with Crippen LogP contribution in [0.3, 0.4) is 0 Å². The van der Waals surface area contributed by atoms with Gasteiger partial charge in [-0.15, -0.1) is 0 Å². The third-order valence-corrected chi connectivity index (χ3v) is 4.85. The molecule has 0 radical (unpaired) electrons. The van der Waals surface area contributed by atoms with Gasteiger partial charge in [-0.3, -0.25) is 14.2 Å². The lowest BCUT2D eigenvalue weighted by atomic mass is 10.0. The molecule has 0 heterocycles. The molecular formula is C19H22NO6P. The number of carboxylic acids is 1. The fourth-order valence-corrected chi connectivity index (χ4v) is 3.51. The Balaban J connectivity index is 2.06. The number of hydrogen-bond donors (Lipinski definition) is 4. The Morgan fingerprint density at radius 2 is 1.52 bits per heavy atom. The first-order chi connectivity index (χ1) is 12.7. The fourth-order valence-electron chi connectivity index (χ4n) is 2.72. The molecule has 4 N–H and O–H groups in total. The van der Waals surface area contributed by atoms with Gasteiger partial charge in [0.2, 0.25) is 5.91 Å². The van der Waals surface area contributed by atoms with Gasteiger partial charge in [0.15, 0.2) is 0 Å². The molecule has 0 saturated heterocycles. The van der Waals surface area contributed by atoms with Crippen LogP contribution in [0, 0.1) is 0 Å². The van der Waals surface area contributed by atoms with Crippen molar-refractivity contribution in [2.45, 2.75) is 25.3 Å². The monoisotopic (exact) mass is 391 g/mol. The first-order valence-corrected chi connectivity index (χ1v) is 10.2. The molecule has 7 nitrogen and oxygen atoms in total. The number of aliphatic carboxylic acids is 1. The van der Waals surface area contributed by atoms with Crippen molar-refractivity contribution in [3.8, 4) is 11.1 Å². The lowest BCUT2D eigenvalue weighted by molar-refractivity contribution is -0.138. The summed E-state index contributed by atoms with van der Waals surface area (Å²) in [5.74, 6) is -1.65. The van der Waals surface area contributed by atoms with Crippen molar-refractivity contribution in [1.29, 1.82) is 0 Å². The van der Waals surface area contributed by atoms with Crippen molar-refractivity contribution >= 4 is 19.5 Å². The van der Waals surface area contributed by atoms with Gasteiger partial charge in [-0.2, -0.15) is 0 Å². The van der Waals surface area contributed by atoms with E-state index in [1.54, 1.807) is 0 Å². The van der Waals surface area contributed by atoms with Crippen LogP contribution in [0.1, 0.15) is 18.4 Å². The van der Waals surface area contributed by atoms with E-state index in [0.29, 0.717) is 0 Å². The second-order valence-electron chi connectivity index (χ2n) is 6.27. The van der Waals surface area contributed by atoms with E-state index in [1.165, 1.54) is 0 Å². The summed E-state index contributed by atoms with van der Waals surface area (Å²) in [7, 11) is -4.34. The van der Waals surface area contributed by atoms with E-state index in [4.69, 9.17) is 5.11 Å². The summed E-state index contributed by atoms with van der Waals surface area (Å²) in [6.45, 7) is 0. The molecule has 0 saturated carbocycles. The SMILES string of the molecule is O=C(O)CCC(=O)NC(Cc1ccc(-c2ccccc2)cc1)CP(=O)(O)O. The van der Waals surface area contributed by atoms with Crippen molar-refractivity contribution in [3.63, 3.8) is 0 Å². The minimum absolute atomic E-state index is 0.235. The molecule has 1 atom stereocenters. The highest BCUT2D eigenvalue weighted by molar-refractivity contribution is 7.51. The van der Waals surface area contributed by atoms with E-state index in [0.717, 1.165) is 16.7 Å². The van der Waals surface area contributed by atoms with Gasteiger partial charge in [-0.05, 0) is 23.1 Å². The van der Waals surface area contributed by atoms with Crippen molar-refractivity contribution in [3.05, 3.63) is 60.2 Å². The lowest BCUT2D eigenvalue weighted by Gasteiger charge is -2.19. The number of hydrogen-bond acceptors (Lipinski definition) is 3. The Labute approximate surface area is 157 Å². The van der Waals surface area contributed by atoms with Crippen LogP contribution in [-0.4, -0.2) is 39.0 Å². The zero-order chi connectivity index (χ0) is 19.9. The molecule has 0 fully saturated rings. The van der Waals surface area contributed by atoms with Crippen molar-refractivity contribution in [1.82, 2.24) is 5.32 Å². The van der Waals surface area contributed by atoms with Gasteiger partial charge in [0, 0.05) is 12.5 Å². The normalized spacial score (nSPS) is 12.4. The third kappa shape index (κ3) is 7.74. The molecule has 0 spiro atoms. The van der Waals surface area contributed by atoms with Crippen LogP contribution in [0.15, 0.2) is 54.6 Å². The highest BCUT2D eigenvalue weighted by Crippen LogP contribution is 2.35.